The van der Waals surface area contributed by atoms with Crippen LogP contribution in [0.2, 0.25) is 0 Å². The first-order valence-electron chi connectivity index (χ1n) is 10.5. The van der Waals surface area contributed by atoms with Crippen LogP contribution < -0.4 is 0 Å². The van der Waals surface area contributed by atoms with Gasteiger partial charge in [0.2, 0.25) is 10.0 Å². The molecule has 31 heavy (non-hydrogen) atoms. The molecule has 3 aromatic rings. The van der Waals surface area contributed by atoms with E-state index >= 15 is 0 Å². The summed E-state index contributed by atoms with van der Waals surface area (Å²) in [7, 11) is -1.78. The van der Waals surface area contributed by atoms with E-state index in [2.05, 4.69) is 11.9 Å². The molecule has 0 unspecified atom stereocenters. The second kappa shape index (κ2) is 8.68. The third-order valence-electron chi connectivity index (χ3n) is 5.93. The van der Waals surface area contributed by atoms with E-state index in [0.29, 0.717) is 24.6 Å². The number of thiazole rings is 1. The fraction of sp³-hybridized carbons (Fsp3) is 0.391. The maximum absolute atomic E-state index is 13.0. The smallest absolute Gasteiger partial charge is 0.254 e. The Hall–Kier alpha value is -2.29. The molecule has 1 saturated heterocycles. The maximum Gasteiger partial charge on any atom is 0.254 e. The third kappa shape index (κ3) is 4.37. The molecule has 2 heterocycles. The Morgan fingerprint density at radius 1 is 1.19 bits per heavy atom. The molecule has 2 atom stereocenters. The van der Waals surface area contributed by atoms with Crippen molar-refractivity contribution in [3.63, 3.8) is 0 Å². The van der Waals surface area contributed by atoms with Gasteiger partial charge in [0, 0.05) is 25.7 Å². The van der Waals surface area contributed by atoms with Gasteiger partial charge in [-0.05, 0) is 62.1 Å². The minimum absolute atomic E-state index is 0.165. The summed E-state index contributed by atoms with van der Waals surface area (Å²) in [5.41, 5.74) is 1.39. The van der Waals surface area contributed by atoms with E-state index in [1.807, 2.05) is 31.2 Å². The van der Waals surface area contributed by atoms with Gasteiger partial charge in [-0.3, -0.25) is 4.79 Å². The molecule has 1 fully saturated rings. The van der Waals surface area contributed by atoms with Crippen LogP contribution in [0.25, 0.3) is 10.2 Å². The van der Waals surface area contributed by atoms with E-state index in [1.54, 1.807) is 39.7 Å². The van der Waals surface area contributed by atoms with Crippen molar-refractivity contribution < 1.29 is 13.2 Å². The van der Waals surface area contributed by atoms with Gasteiger partial charge in [0.25, 0.3) is 5.91 Å². The van der Waals surface area contributed by atoms with Crippen LogP contribution in [0.1, 0.15) is 48.1 Å². The van der Waals surface area contributed by atoms with E-state index in [1.165, 1.54) is 12.1 Å². The van der Waals surface area contributed by atoms with Gasteiger partial charge in [-0.2, -0.15) is 4.31 Å². The van der Waals surface area contributed by atoms with Crippen LogP contribution in [-0.4, -0.2) is 48.7 Å². The van der Waals surface area contributed by atoms with Crippen LogP contribution in [0, 0.1) is 5.92 Å². The summed E-state index contributed by atoms with van der Waals surface area (Å²) in [5, 5.41) is 0.871. The molecule has 0 N–H and O–H groups in total. The molecule has 1 amide bonds. The summed E-state index contributed by atoms with van der Waals surface area (Å²) < 4.78 is 28.5. The second-order valence-electron chi connectivity index (χ2n) is 8.25. The number of fused-ring (bicyclic) bond motifs is 1. The van der Waals surface area contributed by atoms with Crippen molar-refractivity contribution in [2.24, 2.45) is 5.92 Å². The first-order valence-corrected chi connectivity index (χ1v) is 12.8. The highest BCUT2D eigenvalue weighted by Crippen LogP contribution is 2.30. The van der Waals surface area contributed by atoms with E-state index in [0.717, 1.165) is 28.1 Å². The van der Waals surface area contributed by atoms with Crippen molar-refractivity contribution in [1.82, 2.24) is 14.2 Å². The van der Waals surface area contributed by atoms with Gasteiger partial charge in [0.15, 0.2) is 0 Å². The van der Waals surface area contributed by atoms with Gasteiger partial charge >= 0.3 is 0 Å². The Labute approximate surface area is 187 Å². The Kier molecular flexibility index (Phi) is 6.14. The first kappa shape index (κ1) is 21.9. The highest BCUT2D eigenvalue weighted by molar-refractivity contribution is 7.89. The lowest BCUT2D eigenvalue weighted by atomic mass is 10.0. The monoisotopic (exact) mass is 457 g/mol. The topological polar surface area (TPSA) is 70.6 Å². The lowest BCUT2D eigenvalue weighted by molar-refractivity contribution is 0.0742. The zero-order valence-electron chi connectivity index (χ0n) is 18.0. The minimum Gasteiger partial charge on any atom is -0.333 e. The molecule has 8 heteroatoms. The zero-order chi connectivity index (χ0) is 22.2. The fourth-order valence-electron chi connectivity index (χ4n) is 3.90. The summed E-state index contributed by atoms with van der Waals surface area (Å²) in [5.74, 6) is 0.198. The predicted octanol–water partition coefficient (Wildman–Crippen LogP) is 4.55. The summed E-state index contributed by atoms with van der Waals surface area (Å²) in [4.78, 5) is 19.6. The van der Waals surface area contributed by atoms with Gasteiger partial charge in [-0.25, -0.2) is 13.4 Å². The molecular formula is C23H27N3O3S2. The number of carbonyl (C=O) groups excluding carboxylic acids is 1. The number of piperidine rings is 1. The number of nitrogens with zero attached hydrogens (tertiary/aromatic N) is 3. The Balaban J connectivity index is 1.50. The molecule has 2 aromatic carbocycles. The van der Waals surface area contributed by atoms with Crippen LogP contribution in [0.5, 0.6) is 0 Å². The number of sulfonamides is 1. The Morgan fingerprint density at radius 3 is 2.58 bits per heavy atom. The molecule has 164 valence electrons. The first-order chi connectivity index (χ1) is 14.8. The van der Waals surface area contributed by atoms with Gasteiger partial charge in [-0.1, -0.05) is 19.1 Å². The Bertz CT molecular complexity index is 1160. The minimum atomic E-state index is -3.53. The van der Waals surface area contributed by atoms with E-state index in [4.69, 9.17) is 0 Å². The molecule has 0 spiro atoms. The van der Waals surface area contributed by atoms with Crippen LogP contribution in [-0.2, 0) is 10.0 Å². The fourth-order valence-corrected chi connectivity index (χ4v) is 6.56. The third-order valence-corrected chi connectivity index (χ3v) is 9.01. The van der Waals surface area contributed by atoms with Crippen molar-refractivity contribution >= 4 is 37.5 Å². The van der Waals surface area contributed by atoms with Gasteiger partial charge in [-0.15, -0.1) is 11.3 Å². The lowest BCUT2D eigenvalue weighted by Gasteiger charge is -2.30. The van der Waals surface area contributed by atoms with Crippen molar-refractivity contribution in [2.45, 2.75) is 37.6 Å². The van der Waals surface area contributed by atoms with Crippen molar-refractivity contribution in [2.75, 3.05) is 20.1 Å². The molecule has 4 rings (SSSR count). The zero-order valence-corrected chi connectivity index (χ0v) is 19.6. The number of hydrogen-bond acceptors (Lipinski definition) is 5. The maximum atomic E-state index is 13.0. The lowest BCUT2D eigenvalue weighted by Crippen LogP contribution is -2.39. The SMILES string of the molecule is C[C@@H]1CCCN(S(=O)(=O)c2ccc(C(=O)N(C)[C@H](C)c3nc4ccccc4s3)cc2)C1. The molecule has 0 saturated carbocycles. The highest BCUT2D eigenvalue weighted by Gasteiger charge is 2.29. The van der Waals surface area contributed by atoms with Crippen molar-refractivity contribution in [1.29, 1.82) is 0 Å². The molecule has 0 aliphatic carbocycles. The average molecular weight is 458 g/mol. The highest BCUT2D eigenvalue weighted by atomic mass is 32.2. The summed E-state index contributed by atoms with van der Waals surface area (Å²) in [6, 6.07) is 14.0. The number of amides is 1. The summed E-state index contributed by atoms with van der Waals surface area (Å²) in [6.07, 6.45) is 1.93. The van der Waals surface area contributed by atoms with Crippen LogP contribution >= 0.6 is 11.3 Å². The van der Waals surface area contributed by atoms with E-state index in [9.17, 15) is 13.2 Å². The normalized spacial score (nSPS) is 18.7. The van der Waals surface area contributed by atoms with Gasteiger partial charge in [0.05, 0.1) is 21.2 Å². The van der Waals surface area contributed by atoms with E-state index in [-0.39, 0.29) is 16.8 Å². The van der Waals surface area contributed by atoms with Crippen LogP contribution in [0.3, 0.4) is 0 Å². The van der Waals surface area contributed by atoms with E-state index < -0.39 is 10.0 Å². The molecule has 1 aliphatic rings. The van der Waals surface area contributed by atoms with Crippen LogP contribution in [0.15, 0.2) is 53.4 Å². The standard InChI is InChI=1S/C23H27N3O3S2/c1-16-7-6-14-26(15-16)31(28,29)19-12-10-18(11-13-19)23(27)25(3)17(2)22-24-20-8-4-5-9-21(20)30-22/h4-5,8-13,16-17H,6-7,14-15H2,1-3H3/t16-,17-/m1/s1. The number of carbonyl (C=O) groups is 1. The molecule has 1 aliphatic heterocycles. The molecule has 0 radical (unpaired) electrons. The number of aromatic nitrogens is 1. The average Bonchev–Trinajstić information content (AvgIpc) is 3.22. The number of rotatable bonds is 5. The van der Waals surface area contributed by atoms with Gasteiger partial charge in [0.1, 0.15) is 5.01 Å². The summed E-state index contributed by atoms with van der Waals surface area (Å²) >= 11 is 1.58. The Morgan fingerprint density at radius 2 is 1.90 bits per heavy atom. The number of hydrogen-bond donors (Lipinski definition) is 0. The molecule has 6 nitrogen and oxygen atoms in total. The van der Waals surface area contributed by atoms with Gasteiger partial charge < -0.3 is 4.90 Å². The van der Waals surface area contributed by atoms with Crippen molar-refractivity contribution in [3.05, 3.63) is 59.1 Å². The van der Waals surface area contributed by atoms with Crippen LogP contribution in [0.4, 0.5) is 0 Å². The quantitative estimate of drug-likeness (QED) is 0.564. The molecular weight excluding hydrogens is 430 g/mol. The largest absolute Gasteiger partial charge is 0.333 e. The summed E-state index contributed by atoms with van der Waals surface area (Å²) in [6.45, 7) is 5.12. The number of para-hydroxylation sites is 1. The molecule has 1 aromatic heterocycles. The number of benzene rings is 2. The molecule has 0 bridgehead atoms. The second-order valence-corrected chi connectivity index (χ2v) is 11.2. The van der Waals surface area contributed by atoms with Crippen molar-refractivity contribution in [3.8, 4) is 0 Å². The predicted molar refractivity (Wildman–Crippen MR) is 124 cm³/mol.